The number of benzene rings is 2. The zero-order chi connectivity index (χ0) is 24.6. The number of carbonyl (C=O) groups excluding carboxylic acids is 2. The van der Waals surface area contributed by atoms with Crippen molar-refractivity contribution in [3.8, 4) is 0 Å². The number of nitrogens with one attached hydrogen (secondary N) is 2. The van der Waals surface area contributed by atoms with Crippen LogP contribution in [0, 0.1) is 0 Å². The van der Waals surface area contributed by atoms with E-state index < -0.39 is 0 Å². The van der Waals surface area contributed by atoms with Crippen LogP contribution in [0.5, 0.6) is 0 Å². The predicted octanol–water partition coefficient (Wildman–Crippen LogP) is 4.13. The van der Waals surface area contributed by atoms with E-state index >= 15 is 0 Å². The topological polar surface area (TPSA) is 93.1 Å². The van der Waals surface area contributed by atoms with Crippen molar-refractivity contribution >= 4 is 34.5 Å². The lowest BCUT2D eigenvalue weighted by molar-refractivity contribution is -0.119. The van der Waals surface area contributed by atoms with Gasteiger partial charge in [-0.05, 0) is 49.1 Å². The van der Waals surface area contributed by atoms with Gasteiger partial charge in [0.05, 0.1) is 23.2 Å². The van der Waals surface area contributed by atoms with Gasteiger partial charge < -0.3 is 10.6 Å². The maximum atomic E-state index is 13.4. The molecule has 1 aromatic heterocycles. The molecule has 0 radical (unpaired) electrons. The molecule has 3 aromatic rings. The fourth-order valence-electron chi connectivity index (χ4n) is 4.33. The van der Waals surface area contributed by atoms with Gasteiger partial charge in [0.15, 0.2) is 5.16 Å². The van der Waals surface area contributed by atoms with Crippen LogP contribution in [0.2, 0.25) is 0 Å². The SMILES string of the molecule is CCCNC(=O)c1ccc(Cn2c(SCC(=O)NC3CCCCC3)nc3ccccc3c2=O)cc1. The molecule has 1 heterocycles. The van der Waals surface area contributed by atoms with Gasteiger partial charge in [0.25, 0.3) is 11.5 Å². The molecular formula is C27H32N4O3S. The average molecular weight is 493 g/mol. The lowest BCUT2D eigenvalue weighted by atomic mass is 9.95. The van der Waals surface area contributed by atoms with Crippen LogP contribution >= 0.6 is 11.8 Å². The Labute approximate surface area is 209 Å². The molecule has 35 heavy (non-hydrogen) atoms. The maximum Gasteiger partial charge on any atom is 0.262 e. The highest BCUT2D eigenvalue weighted by atomic mass is 32.2. The van der Waals surface area contributed by atoms with Crippen LogP contribution in [0.4, 0.5) is 0 Å². The number of thioether (sulfide) groups is 1. The first-order chi connectivity index (χ1) is 17.0. The van der Waals surface area contributed by atoms with Gasteiger partial charge in [-0.3, -0.25) is 19.0 Å². The number of carbonyl (C=O) groups is 2. The number of para-hydroxylation sites is 1. The minimum atomic E-state index is -0.143. The minimum Gasteiger partial charge on any atom is -0.353 e. The summed E-state index contributed by atoms with van der Waals surface area (Å²) < 4.78 is 1.62. The molecule has 4 rings (SSSR count). The average Bonchev–Trinajstić information content (AvgIpc) is 2.89. The van der Waals surface area contributed by atoms with Crippen molar-refractivity contribution in [3.63, 3.8) is 0 Å². The second kappa shape index (κ2) is 12.0. The second-order valence-electron chi connectivity index (χ2n) is 8.95. The lowest BCUT2D eigenvalue weighted by Crippen LogP contribution is -2.37. The third-order valence-electron chi connectivity index (χ3n) is 6.22. The standard InChI is InChI=1S/C27H32N4O3S/c1-2-16-28-25(33)20-14-12-19(13-15-20)17-31-26(34)22-10-6-7-11-23(22)30-27(31)35-18-24(32)29-21-8-4-3-5-9-21/h6-7,10-15,21H,2-5,8-9,16-18H2,1H3,(H,28,33)(H,29,32). The van der Waals surface area contributed by atoms with E-state index in [0.717, 1.165) is 37.7 Å². The normalized spacial score (nSPS) is 14.1. The third-order valence-corrected chi connectivity index (χ3v) is 7.20. The van der Waals surface area contributed by atoms with E-state index in [-0.39, 0.29) is 29.2 Å². The van der Waals surface area contributed by atoms with E-state index in [1.54, 1.807) is 22.8 Å². The summed E-state index contributed by atoms with van der Waals surface area (Å²) in [6.07, 6.45) is 6.48. The molecule has 0 unspecified atom stereocenters. The Morgan fingerprint density at radius 2 is 1.80 bits per heavy atom. The highest BCUT2D eigenvalue weighted by molar-refractivity contribution is 7.99. The second-order valence-corrected chi connectivity index (χ2v) is 9.89. The van der Waals surface area contributed by atoms with Crippen molar-refractivity contribution < 1.29 is 9.59 Å². The van der Waals surface area contributed by atoms with E-state index in [1.807, 2.05) is 37.3 Å². The maximum absolute atomic E-state index is 13.4. The summed E-state index contributed by atoms with van der Waals surface area (Å²) in [4.78, 5) is 42.9. The summed E-state index contributed by atoms with van der Waals surface area (Å²) in [6, 6.07) is 14.8. The third kappa shape index (κ3) is 6.51. The molecule has 1 aliphatic rings. The first kappa shape index (κ1) is 25.0. The molecule has 7 nitrogen and oxygen atoms in total. The van der Waals surface area contributed by atoms with Gasteiger partial charge in [-0.1, -0.05) is 62.2 Å². The van der Waals surface area contributed by atoms with Crippen LogP contribution in [0.15, 0.2) is 58.5 Å². The summed E-state index contributed by atoms with van der Waals surface area (Å²) in [7, 11) is 0. The van der Waals surface area contributed by atoms with Gasteiger partial charge >= 0.3 is 0 Å². The van der Waals surface area contributed by atoms with Gasteiger partial charge in [-0.25, -0.2) is 4.98 Å². The summed E-state index contributed by atoms with van der Waals surface area (Å²) in [5.74, 6) is 0.0686. The molecule has 0 bridgehead atoms. The zero-order valence-electron chi connectivity index (χ0n) is 20.1. The summed E-state index contributed by atoms with van der Waals surface area (Å²) in [5, 5.41) is 7.05. The number of aromatic nitrogens is 2. The number of hydrogen-bond donors (Lipinski definition) is 2. The Bertz CT molecular complexity index is 1230. The van der Waals surface area contributed by atoms with Crippen LogP contribution in [-0.4, -0.2) is 39.7 Å². The van der Waals surface area contributed by atoms with E-state index in [2.05, 4.69) is 10.6 Å². The molecule has 1 saturated carbocycles. The first-order valence-electron chi connectivity index (χ1n) is 12.3. The molecule has 1 fully saturated rings. The van der Waals surface area contributed by atoms with Crippen LogP contribution < -0.4 is 16.2 Å². The Hall–Kier alpha value is -3.13. The zero-order valence-corrected chi connectivity index (χ0v) is 20.9. The number of rotatable bonds is 9. The molecule has 0 aliphatic heterocycles. The fourth-order valence-corrected chi connectivity index (χ4v) is 5.14. The molecule has 184 valence electrons. The van der Waals surface area contributed by atoms with E-state index in [9.17, 15) is 14.4 Å². The smallest absolute Gasteiger partial charge is 0.262 e. The molecular weight excluding hydrogens is 460 g/mol. The summed E-state index contributed by atoms with van der Waals surface area (Å²) in [6.45, 7) is 2.95. The molecule has 0 spiro atoms. The monoisotopic (exact) mass is 492 g/mol. The van der Waals surface area contributed by atoms with Gasteiger partial charge in [-0.2, -0.15) is 0 Å². The van der Waals surface area contributed by atoms with Crippen LogP contribution in [-0.2, 0) is 11.3 Å². The minimum absolute atomic E-state index is 0.0293. The molecule has 2 amide bonds. The Morgan fingerprint density at radius 3 is 2.54 bits per heavy atom. The number of nitrogens with zero attached hydrogens (tertiary/aromatic N) is 2. The number of fused-ring (bicyclic) bond motifs is 1. The van der Waals surface area contributed by atoms with Crippen molar-refractivity contribution in [2.24, 2.45) is 0 Å². The van der Waals surface area contributed by atoms with Crippen molar-refractivity contribution in [2.75, 3.05) is 12.3 Å². The van der Waals surface area contributed by atoms with Gasteiger partial charge in [-0.15, -0.1) is 0 Å². The lowest BCUT2D eigenvalue weighted by Gasteiger charge is -2.22. The quantitative estimate of drug-likeness (QED) is 0.346. The number of amides is 2. The Kier molecular flexibility index (Phi) is 8.58. The highest BCUT2D eigenvalue weighted by Crippen LogP contribution is 2.21. The fraction of sp³-hybridized carbons (Fsp3) is 0.407. The molecule has 1 aliphatic carbocycles. The van der Waals surface area contributed by atoms with Crippen LogP contribution in [0.25, 0.3) is 10.9 Å². The van der Waals surface area contributed by atoms with E-state index in [0.29, 0.717) is 34.7 Å². The Morgan fingerprint density at radius 1 is 1.06 bits per heavy atom. The van der Waals surface area contributed by atoms with Crippen LogP contribution in [0.1, 0.15) is 61.4 Å². The van der Waals surface area contributed by atoms with Crippen LogP contribution in [0.3, 0.4) is 0 Å². The molecule has 0 saturated heterocycles. The molecule has 8 heteroatoms. The molecule has 0 atom stereocenters. The molecule has 2 aromatic carbocycles. The van der Waals surface area contributed by atoms with Crippen molar-refractivity contribution in [2.45, 2.75) is 63.2 Å². The van der Waals surface area contributed by atoms with Gasteiger partial charge in [0.2, 0.25) is 5.91 Å². The first-order valence-corrected chi connectivity index (χ1v) is 13.3. The van der Waals surface area contributed by atoms with E-state index in [1.165, 1.54) is 18.2 Å². The Balaban J connectivity index is 1.53. The highest BCUT2D eigenvalue weighted by Gasteiger charge is 2.18. The van der Waals surface area contributed by atoms with Crippen molar-refractivity contribution in [1.82, 2.24) is 20.2 Å². The number of hydrogen-bond acceptors (Lipinski definition) is 5. The van der Waals surface area contributed by atoms with Gasteiger partial charge in [0, 0.05) is 18.2 Å². The largest absolute Gasteiger partial charge is 0.353 e. The summed E-state index contributed by atoms with van der Waals surface area (Å²) >= 11 is 1.28. The predicted molar refractivity (Wildman–Crippen MR) is 140 cm³/mol. The van der Waals surface area contributed by atoms with Crippen molar-refractivity contribution in [1.29, 1.82) is 0 Å². The van der Waals surface area contributed by atoms with Gasteiger partial charge in [0.1, 0.15) is 0 Å². The van der Waals surface area contributed by atoms with Crippen molar-refractivity contribution in [3.05, 3.63) is 70.0 Å². The summed E-state index contributed by atoms with van der Waals surface area (Å²) in [5.41, 5.74) is 1.94. The molecule has 2 N–H and O–H groups in total. The van der Waals surface area contributed by atoms with E-state index in [4.69, 9.17) is 4.98 Å².